The SMILES string of the molecule is O=C1COc2cccc(F)c2C2CCC(CC2)OCC2C(O)CCCN12. The summed E-state index contributed by atoms with van der Waals surface area (Å²) in [6.07, 6.45) is 4.37. The van der Waals surface area contributed by atoms with E-state index in [1.807, 2.05) is 0 Å². The van der Waals surface area contributed by atoms with Crippen molar-refractivity contribution in [1.82, 2.24) is 4.90 Å². The predicted molar refractivity (Wildman–Crippen MR) is 93.6 cm³/mol. The van der Waals surface area contributed by atoms with E-state index in [1.54, 1.807) is 17.0 Å². The van der Waals surface area contributed by atoms with Crippen molar-refractivity contribution < 1.29 is 23.8 Å². The highest BCUT2D eigenvalue weighted by Gasteiger charge is 2.36. The van der Waals surface area contributed by atoms with E-state index in [9.17, 15) is 14.3 Å². The van der Waals surface area contributed by atoms with Crippen LogP contribution in [-0.2, 0) is 9.53 Å². The van der Waals surface area contributed by atoms with Crippen molar-refractivity contribution in [1.29, 1.82) is 0 Å². The van der Waals surface area contributed by atoms with Gasteiger partial charge >= 0.3 is 0 Å². The number of rotatable bonds is 0. The lowest BCUT2D eigenvalue weighted by Gasteiger charge is -2.39. The van der Waals surface area contributed by atoms with Gasteiger partial charge in [0.25, 0.3) is 5.91 Å². The molecule has 2 unspecified atom stereocenters. The molecule has 1 aromatic rings. The molecule has 1 aliphatic carbocycles. The number of hydrogen-bond acceptors (Lipinski definition) is 4. The van der Waals surface area contributed by atoms with Crippen LogP contribution in [-0.4, -0.2) is 53.9 Å². The van der Waals surface area contributed by atoms with Crippen molar-refractivity contribution >= 4 is 5.91 Å². The average Bonchev–Trinajstić information content (AvgIpc) is 2.66. The molecule has 2 atom stereocenters. The quantitative estimate of drug-likeness (QED) is 0.770. The van der Waals surface area contributed by atoms with Gasteiger partial charge in [-0.15, -0.1) is 0 Å². The molecule has 2 fully saturated rings. The zero-order chi connectivity index (χ0) is 18.1. The summed E-state index contributed by atoms with van der Waals surface area (Å²) in [6, 6.07) is 4.50. The lowest BCUT2D eigenvalue weighted by Crippen LogP contribution is -2.54. The van der Waals surface area contributed by atoms with Crippen LogP contribution >= 0.6 is 0 Å². The average molecular weight is 363 g/mol. The largest absolute Gasteiger partial charge is 0.483 e. The van der Waals surface area contributed by atoms with E-state index in [4.69, 9.17) is 9.47 Å². The van der Waals surface area contributed by atoms with E-state index in [0.29, 0.717) is 30.9 Å². The molecule has 3 heterocycles. The van der Waals surface area contributed by atoms with Crippen molar-refractivity contribution in [2.75, 3.05) is 19.8 Å². The number of nitrogens with zero attached hydrogens (tertiary/aromatic N) is 1. The molecule has 1 N–H and O–H groups in total. The van der Waals surface area contributed by atoms with Crippen LogP contribution in [0.5, 0.6) is 5.75 Å². The Balaban J connectivity index is 1.64. The smallest absolute Gasteiger partial charge is 0.260 e. The van der Waals surface area contributed by atoms with Gasteiger partial charge in [0.1, 0.15) is 11.6 Å². The van der Waals surface area contributed by atoms with Gasteiger partial charge in [-0.05, 0) is 56.6 Å². The van der Waals surface area contributed by atoms with Crippen LogP contribution in [0.25, 0.3) is 0 Å². The molecule has 4 aliphatic rings. The van der Waals surface area contributed by atoms with Crippen molar-refractivity contribution in [3.8, 4) is 5.75 Å². The van der Waals surface area contributed by atoms with Crippen molar-refractivity contribution in [3.63, 3.8) is 0 Å². The lowest BCUT2D eigenvalue weighted by molar-refractivity contribution is -0.145. The van der Waals surface area contributed by atoms with Crippen LogP contribution in [0, 0.1) is 5.82 Å². The Kier molecular flexibility index (Phi) is 5.14. The summed E-state index contributed by atoms with van der Waals surface area (Å²) in [5.41, 5.74) is 0.591. The second-order valence-electron chi connectivity index (χ2n) is 7.61. The highest BCUT2D eigenvalue weighted by Crippen LogP contribution is 2.40. The Bertz CT molecular complexity index is 659. The zero-order valence-corrected chi connectivity index (χ0v) is 14.9. The van der Waals surface area contributed by atoms with Gasteiger partial charge in [0.15, 0.2) is 6.61 Å². The summed E-state index contributed by atoms with van der Waals surface area (Å²) in [7, 11) is 0. The number of hydrogen-bond donors (Lipinski definition) is 1. The number of aliphatic hydroxyl groups is 1. The molecule has 1 amide bonds. The van der Waals surface area contributed by atoms with E-state index in [2.05, 4.69) is 0 Å². The molecule has 1 saturated carbocycles. The molecule has 2 bridgehead atoms. The summed E-state index contributed by atoms with van der Waals surface area (Å²) < 4.78 is 26.3. The molecule has 0 spiro atoms. The molecule has 0 aromatic heterocycles. The highest BCUT2D eigenvalue weighted by molar-refractivity contribution is 5.78. The van der Waals surface area contributed by atoms with E-state index in [0.717, 1.165) is 32.1 Å². The van der Waals surface area contributed by atoms with Gasteiger partial charge < -0.3 is 19.5 Å². The summed E-state index contributed by atoms with van der Waals surface area (Å²) in [6.45, 7) is 0.802. The van der Waals surface area contributed by atoms with E-state index in [1.165, 1.54) is 6.07 Å². The number of piperidine rings is 1. The van der Waals surface area contributed by atoms with E-state index in [-0.39, 0.29) is 36.4 Å². The number of benzene rings is 1. The summed E-state index contributed by atoms with van der Waals surface area (Å²) in [4.78, 5) is 14.4. The van der Waals surface area contributed by atoms with Gasteiger partial charge in [-0.2, -0.15) is 0 Å². The molecule has 3 aliphatic heterocycles. The van der Waals surface area contributed by atoms with Gasteiger partial charge in [-0.25, -0.2) is 4.39 Å². The van der Waals surface area contributed by atoms with Crippen LogP contribution in [0.3, 0.4) is 0 Å². The maximum Gasteiger partial charge on any atom is 0.260 e. The number of carbonyl (C=O) groups is 1. The Morgan fingerprint density at radius 3 is 2.77 bits per heavy atom. The molecule has 1 aromatic carbocycles. The third kappa shape index (κ3) is 3.45. The third-order valence-electron chi connectivity index (χ3n) is 6.01. The molecule has 5 rings (SSSR count). The van der Waals surface area contributed by atoms with Crippen LogP contribution in [0.1, 0.15) is 50.0 Å². The fourth-order valence-corrected chi connectivity index (χ4v) is 4.56. The van der Waals surface area contributed by atoms with Gasteiger partial charge in [0, 0.05) is 12.1 Å². The third-order valence-corrected chi connectivity index (χ3v) is 6.01. The first-order valence-corrected chi connectivity index (χ1v) is 9.64. The molecule has 5 nitrogen and oxygen atoms in total. The minimum atomic E-state index is -0.570. The molecule has 142 valence electrons. The van der Waals surface area contributed by atoms with Crippen LogP contribution < -0.4 is 4.74 Å². The first kappa shape index (κ1) is 17.7. The predicted octanol–water partition coefficient (Wildman–Crippen LogP) is 2.61. The second-order valence-corrected chi connectivity index (χ2v) is 7.61. The molecule has 1 saturated heterocycles. The fraction of sp³-hybridized carbons (Fsp3) is 0.650. The van der Waals surface area contributed by atoms with Gasteiger partial charge in [-0.1, -0.05) is 6.07 Å². The van der Waals surface area contributed by atoms with Crippen LogP contribution in [0.4, 0.5) is 4.39 Å². The Hall–Kier alpha value is -1.66. The summed E-state index contributed by atoms with van der Waals surface area (Å²) in [5, 5.41) is 10.4. The van der Waals surface area contributed by atoms with Gasteiger partial charge in [-0.3, -0.25) is 4.79 Å². The van der Waals surface area contributed by atoms with Gasteiger partial charge in [0.05, 0.1) is 24.9 Å². The van der Waals surface area contributed by atoms with Gasteiger partial charge in [0.2, 0.25) is 0 Å². The molecular weight excluding hydrogens is 337 g/mol. The Labute approximate surface area is 153 Å². The number of amides is 1. The maximum absolute atomic E-state index is 14.5. The van der Waals surface area contributed by atoms with Crippen LogP contribution in [0.2, 0.25) is 0 Å². The number of ether oxygens (including phenoxy) is 2. The topological polar surface area (TPSA) is 59.0 Å². The standard InChI is InChI=1S/C20H26FNO4/c21-15-3-1-5-18-20(15)13-6-8-14(9-7-13)25-11-16-17(23)4-2-10-22(16)19(24)12-26-18/h1,3,5,13-14,16-17,23H,2,4,6-12H2. The fourth-order valence-electron chi connectivity index (χ4n) is 4.56. The van der Waals surface area contributed by atoms with E-state index >= 15 is 0 Å². The normalized spacial score (nSPS) is 32.5. The zero-order valence-electron chi connectivity index (χ0n) is 14.9. The molecule has 26 heavy (non-hydrogen) atoms. The second kappa shape index (κ2) is 7.53. The number of halogens is 1. The van der Waals surface area contributed by atoms with Crippen LogP contribution in [0.15, 0.2) is 18.2 Å². The highest BCUT2D eigenvalue weighted by atomic mass is 19.1. The number of fused-ring (bicyclic) bond motifs is 5. The minimum Gasteiger partial charge on any atom is -0.483 e. The maximum atomic E-state index is 14.5. The summed E-state index contributed by atoms with van der Waals surface area (Å²) in [5.74, 6) is 0.116. The lowest BCUT2D eigenvalue weighted by atomic mass is 9.82. The van der Waals surface area contributed by atoms with Crippen molar-refractivity contribution in [2.45, 2.75) is 62.7 Å². The monoisotopic (exact) mass is 363 g/mol. The van der Waals surface area contributed by atoms with Crippen molar-refractivity contribution in [3.05, 3.63) is 29.6 Å². The van der Waals surface area contributed by atoms with E-state index < -0.39 is 6.10 Å². The minimum absolute atomic E-state index is 0.0927. The first-order chi connectivity index (χ1) is 12.6. The molecule has 6 heteroatoms. The number of carbonyl (C=O) groups excluding carboxylic acids is 1. The Morgan fingerprint density at radius 2 is 1.96 bits per heavy atom. The van der Waals surface area contributed by atoms with Crippen molar-refractivity contribution in [2.24, 2.45) is 0 Å². The first-order valence-electron chi connectivity index (χ1n) is 9.64. The Morgan fingerprint density at radius 1 is 1.15 bits per heavy atom. The summed E-state index contributed by atoms with van der Waals surface area (Å²) >= 11 is 0. The molecular formula is C20H26FNO4. The number of aliphatic hydroxyl groups excluding tert-OH is 1. The molecule has 0 radical (unpaired) electrons.